The van der Waals surface area contributed by atoms with Crippen molar-refractivity contribution in [2.24, 2.45) is 7.05 Å². The van der Waals surface area contributed by atoms with Gasteiger partial charge in [0.05, 0.1) is 16.6 Å². The highest BCUT2D eigenvalue weighted by Gasteiger charge is 2.23. The van der Waals surface area contributed by atoms with Crippen molar-refractivity contribution in [2.45, 2.75) is 18.9 Å². The third kappa shape index (κ3) is 4.04. The topological polar surface area (TPSA) is 112 Å². The van der Waals surface area contributed by atoms with E-state index in [0.29, 0.717) is 41.6 Å². The number of carbonyl (C=O) groups excluding carboxylic acids is 1. The number of fused-ring (bicyclic) bond motifs is 1. The normalized spacial score (nSPS) is 21.8. The number of benzene rings is 1. The summed E-state index contributed by atoms with van der Waals surface area (Å²) in [5, 5.41) is 8.14. The van der Waals surface area contributed by atoms with Gasteiger partial charge in [-0.25, -0.2) is 4.98 Å². The fourth-order valence-corrected chi connectivity index (χ4v) is 4.99. The molecular weight excluding hydrogens is 390 g/mol. The number of aryl methyl sites for hydroxylation is 1. The van der Waals surface area contributed by atoms with Crippen LogP contribution >= 0.6 is 0 Å². The number of anilines is 2. The lowest BCUT2D eigenvalue weighted by molar-refractivity contribution is 0.102. The zero-order chi connectivity index (χ0) is 20.6. The van der Waals surface area contributed by atoms with Crippen LogP contribution in [0.25, 0.3) is 10.9 Å². The number of hydrogen-bond donors (Lipinski definition) is 2. The molecule has 0 aliphatic carbocycles. The number of hydrogen-bond acceptors (Lipinski definition) is 6. The molecular formula is C20H23N5O3S. The molecule has 9 heteroatoms. The highest BCUT2D eigenvalue weighted by molar-refractivity contribution is 8.00. The van der Waals surface area contributed by atoms with Gasteiger partial charge in [-0.05, 0) is 58.6 Å². The Bertz CT molecular complexity index is 1170. The molecule has 1 amide bonds. The zero-order valence-electron chi connectivity index (χ0n) is 16.1. The van der Waals surface area contributed by atoms with E-state index < -0.39 is 9.52 Å². The van der Waals surface area contributed by atoms with Crippen LogP contribution in [0.5, 0.6) is 5.88 Å². The molecule has 3 heterocycles. The molecule has 0 radical (unpaired) electrons. The number of rotatable bonds is 4. The highest BCUT2D eigenvalue weighted by atomic mass is 32.2. The van der Waals surface area contributed by atoms with Crippen LogP contribution in [0.3, 0.4) is 0 Å². The average Bonchev–Trinajstić information content (AvgIpc) is 2.99. The van der Waals surface area contributed by atoms with Crippen molar-refractivity contribution in [2.75, 3.05) is 22.6 Å². The molecule has 1 aliphatic rings. The predicted molar refractivity (Wildman–Crippen MR) is 116 cm³/mol. The summed E-state index contributed by atoms with van der Waals surface area (Å²) in [4.78, 5) is 16.5. The van der Waals surface area contributed by atoms with Crippen LogP contribution in [0, 0.1) is 0 Å². The van der Waals surface area contributed by atoms with E-state index in [9.17, 15) is 9.00 Å². The Hall–Kier alpha value is -3.07. The fourth-order valence-electron chi connectivity index (χ4n) is 3.40. The molecule has 1 fully saturated rings. The number of pyridine rings is 1. The molecule has 1 aliphatic heterocycles. The lowest BCUT2D eigenvalue weighted by atomic mass is 10.2. The van der Waals surface area contributed by atoms with E-state index in [1.165, 1.54) is 6.20 Å². The van der Waals surface area contributed by atoms with Gasteiger partial charge in [0.1, 0.15) is 6.10 Å². The first-order valence-electron chi connectivity index (χ1n) is 9.30. The number of ether oxygens (including phenoxy) is 1. The Labute approximate surface area is 169 Å². The van der Waals surface area contributed by atoms with E-state index in [-0.39, 0.29) is 17.7 Å². The third-order valence-electron chi connectivity index (χ3n) is 5.03. The van der Waals surface area contributed by atoms with Crippen molar-refractivity contribution in [1.29, 1.82) is 0 Å². The Balaban J connectivity index is 1.54. The van der Waals surface area contributed by atoms with Gasteiger partial charge in [-0.15, -0.1) is 5.10 Å². The van der Waals surface area contributed by atoms with E-state index in [4.69, 9.17) is 10.5 Å². The first-order chi connectivity index (χ1) is 13.8. The monoisotopic (exact) mass is 413 g/mol. The number of amides is 1. The van der Waals surface area contributed by atoms with E-state index in [1.54, 1.807) is 22.9 Å². The Morgan fingerprint density at radius 2 is 2.10 bits per heavy atom. The summed E-state index contributed by atoms with van der Waals surface area (Å²) >= 11 is 0. The first-order valence-corrected chi connectivity index (χ1v) is 11.4. The van der Waals surface area contributed by atoms with Gasteiger partial charge in [-0.1, -0.05) is 0 Å². The van der Waals surface area contributed by atoms with Gasteiger partial charge in [-0.3, -0.25) is 13.7 Å². The maximum Gasteiger partial charge on any atom is 0.276 e. The number of nitrogens with two attached hydrogens (primary N) is 1. The molecule has 0 spiro atoms. The van der Waals surface area contributed by atoms with Crippen LogP contribution in [0.1, 0.15) is 23.3 Å². The quantitative estimate of drug-likeness (QED) is 0.633. The number of nitrogen functional groups attached to an aromatic ring is 1. The first kappa shape index (κ1) is 19.3. The van der Waals surface area contributed by atoms with E-state index >= 15 is 0 Å². The minimum absolute atomic E-state index is 0.0177. The highest BCUT2D eigenvalue weighted by Crippen LogP contribution is 2.29. The average molecular weight is 414 g/mol. The van der Waals surface area contributed by atoms with Gasteiger partial charge < -0.3 is 15.8 Å². The van der Waals surface area contributed by atoms with Crippen LogP contribution in [-0.4, -0.2) is 48.4 Å². The van der Waals surface area contributed by atoms with Crippen molar-refractivity contribution in [3.8, 4) is 5.88 Å². The third-order valence-corrected chi connectivity index (χ3v) is 6.99. The number of nitrogens with zero attached hydrogens (tertiary/aromatic N) is 3. The summed E-state index contributed by atoms with van der Waals surface area (Å²) in [6, 6.07) is 8.79. The second-order valence-corrected chi connectivity index (χ2v) is 10.00. The van der Waals surface area contributed by atoms with Crippen LogP contribution in [0.2, 0.25) is 0 Å². The van der Waals surface area contributed by atoms with Crippen LogP contribution in [0.4, 0.5) is 11.4 Å². The van der Waals surface area contributed by atoms with Crippen LogP contribution < -0.4 is 15.8 Å². The molecule has 0 bridgehead atoms. The van der Waals surface area contributed by atoms with Gasteiger partial charge in [0.15, 0.2) is 5.69 Å². The zero-order valence-corrected chi connectivity index (χ0v) is 16.9. The summed E-state index contributed by atoms with van der Waals surface area (Å²) < 4.78 is 19.8. The largest absolute Gasteiger partial charge is 0.473 e. The molecule has 0 atom stereocenters. The molecule has 0 unspecified atom stereocenters. The molecule has 3 aromatic rings. The molecule has 8 nitrogen and oxygen atoms in total. The van der Waals surface area contributed by atoms with Crippen molar-refractivity contribution in [3.05, 3.63) is 42.2 Å². The van der Waals surface area contributed by atoms with Gasteiger partial charge in [0.25, 0.3) is 5.91 Å². The minimum Gasteiger partial charge on any atom is -0.473 e. The molecule has 152 valence electrons. The molecule has 3 N–H and O–H groups in total. The lowest BCUT2D eigenvalue weighted by Crippen LogP contribution is -2.30. The smallest absolute Gasteiger partial charge is 0.276 e. The second-order valence-electron chi connectivity index (χ2n) is 7.25. The lowest BCUT2D eigenvalue weighted by Gasteiger charge is -2.24. The molecule has 0 saturated carbocycles. The fraction of sp³-hybridized carbons (Fsp3) is 0.300. The Morgan fingerprint density at radius 3 is 2.83 bits per heavy atom. The van der Waals surface area contributed by atoms with E-state index in [1.807, 2.05) is 19.2 Å². The Kier molecular flexibility index (Phi) is 4.91. The van der Waals surface area contributed by atoms with Crippen LogP contribution in [0.15, 0.2) is 36.5 Å². The van der Waals surface area contributed by atoms with Gasteiger partial charge >= 0.3 is 0 Å². The summed E-state index contributed by atoms with van der Waals surface area (Å²) in [6.45, 7) is 0. The Morgan fingerprint density at radius 1 is 1.34 bits per heavy atom. The van der Waals surface area contributed by atoms with E-state index in [2.05, 4.69) is 21.3 Å². The number of carbonyl (C=O) groups is 1. The summed E-state index contributed by atoms with van der Waals surface area (Å²) in [7, 11) is -0.128. The maximum atomic E-state index is 12.4. The minimum atomic E-state index is -1.95. The number of aromatic nitrogens is 3. The predicted octanol–water partition coefficient (Wildman–Crippen LogP) is 2.06. The van der Waals surface area contributed by atoms with Gasteiger partial charge in [0, 0.05) is 30.4 Å². The SMILES string of the molecule is C=S1(=O)CCC(Oc2nn(C)c3cc(NC(=O)c4ncccc4N)ccc23)CC1. The summed E-state index contributed by atoms with van der Waals surface area (Å²) in [5.41, 5.74) is 7.76. The van der Waals surface area contributed by atoms with Gasteiger partial charge in [-0.2, -0.15) is 0 Å². The standard InChI is InChI=1S/C20H23N5O3S/c1-25-17-12-13(23-19(26)18-16(21)4-3-9-22-18)5-6-15(17)20(24-25)28-14-7-10-29(2,27)11-8-14/h3-6,9,12,14H,2,7-8,10-11,21H2,1H3,(H,23,26). The second kappa shape index (κ2) is 7.40. The number of nitrogens with one attached hydrogen (secondary N) is 1. The maximum absolute atomic E-state index is 12.4. The molecule has 1 aromatic carbocycles. The summed E-state index contributed by atoms with van der Waals surface area (Å²) in [6.07, 6.45) is 2.92. The molecule has 4 rings (SSSR count). The molecule has 2 aromatic heterocycles. The van der Waals surface area contributed by atoms with Crippen molar-refractivity contribution >= 4 is 43.6 Å². The van der Waals surface area contributed by atoms with Crippen molar-refractivity contribution < 1.29 is 13.7 Å². The van der Waals surface area contributed by atoms with Crippen LogP contribution in [-0.2, 0) is 16.6 Å². The van der Waals surface area contributed by atoms with E-state index in [0.717, 1.165) is 10.9 Å². The van der Waals surface area contributed by atoms with Crippen molar-refractivity contribution in [1.82, 2.24) is 14.8 Å². The van der Waals surface area contributed by atoms with Gasteiger partial charge in [0.2, 0.25) is 5.88 Å². The van der Waals surface area contributed by atoms with Crippen molar-refractivity contribution in [3.63, 3.8) is 0 Å². The molecule has 1 saturated heterocycles. The summed E-state index contributed by atoms with van der Waals surface area (Å²) in [5.74, 6) is 5.11. The molecule has 29 heavy (non-hydrogen) atoms.